The van der Waals surface area contributed by atoms with Crippen molar-refractivity contribution in [3.8, 4) is 0 Å². The number of rotatable bonds is 7. The summed E-state index contributed by atoms with van der Waals surface area (Å²) in [5, 5.41) is 2.74. The van der Waals surface area contributed by atoms with Gasteiger partial charge in [-0.2, -0.15) is 0 Å². The van der Waals surface area contributed by atoms with Crippen molar-refractivity contribution in [2.75, 3.05) is 11.9 Å². The molecule has 0 bridgehead atoms. The number of halogens is 5. The molecule has 1 aliphatic rings. The van der Waals surface area contributed by atoms with Gasteiger partial charge in [-0.3, -0.25) is 4.79 Å². The Morgan fingerprint density at radius 1 is 1.22 bits per heavy atom. The molecule has 3 nitrogen and oxygen atoms in total. The summed E-state index contributed by atoms with van der Waals surface area (Å²) in [7, 11) is 0. The van der Waals surface area contributed by atoms with Gasteiger partial charge in [0.25, 0.3) is 0 Å². The smallest absolute Gasteiger partial charge is 0.310 e. The molecule has 2 rings (SSSR count). The van der Waals surface area contributed by atoms with Gasteiger partial charge in [-0.25, -0.2) is 13.2 Å². The summed E-state index contributed by atoms with van der Waals surface area (Å²) in [6.07, 6.45) is 2.20. The molecule has 1 N–H and O–H groups in total. The lowest BCUT2D eigenvalue weighted by atomic mass is 10.1. The van der Waals surface area contributed by atoms with Gasteiger partial charge in [0.15, 0.2) is 17.5 Å². The van der Waals surface area contributed by atoms with Crippen LogP contribution in [0.1, 0.15) is 38.3 Å². The molecule has 0 amide bonds. The van der Waals surface area contributed by atoms with Crippen molar-refractivity contribution in [2.24, 2.45) is 17.3 Å². The number of benzene rings is 1. The van der Waals surface area contributed by atoms with Gasteiger partial charge in [0, 0.05) is 12.1 Å². The molecule has 0 aliphatic heterocycles. The molecule has 0 heterocycles. The van der Waals surface area contributed by atoms with Crippen molar-refractivity contribution in [2.45, 2.75) is 40.7 Å². The van der Waals surface area contributed by atoms with E-state index in [4.69, 9.17) is 27.9 Å². The molecular weight excluding hydrogens is 402 g/mol. The van der Waals surface area contributed by atoms with Crippen LogP contribution in [0.5, 0.6) is 0 Å². The second kappa shape index (κ2) is 8.31. The van der Waals surface area contributed by atoms with Crippen LogP contribution in [0.4, 0.5) is 18.9 Å². The number of anilines is 1. The molecule has 0 aromatic heterocycles. The highest BCUT2D eigenvalue weighted by atomic mass is 35.5. The Hall–Kier alpha value is -1.40. The first-order valence-electron chi connectivity index (χ1n) is 8.63. The lowest BCUT2D eigenvalue weighted by Gasteiger charge is -2.16. The van der Waals surface area contributed by atoms with Crippen LogP contribution in [0.25, 0.3) is 0 Å². The van der Waals surface area contributed by atoms with Crippen LogP contribution in [0, 0.1) is 41.6 Å². The van der Waals surface area contributed by atoms with E-state index in [1.807, 2.05) is 20.8 Å². The van der Waals surface area contributed by atoms with E-state index in [1.54, 1.807) is 6.08 Å². The summed E-state index contributed by atoms with van der Waals surface area (Å²) in [6, 6.07) is 0. The molecule has 0 saturated heterocycles. The molecule has 0 spiro atoms. The van der Waals surface area contributed by atoms with Gasteiger partial charge in [0.05, 0.1) is 17.2 Å². The highest BCUT2D eigenvalue weighted by Gasteiger charge is 2.61. The number of hydrogen-bond acceptors (Lipinski definition) is 3. The molecule has 1 saturated carbocycles. The van der Waals surface area contributed by atoms with E-state index in [0.29, 0.717) is 13.0 Å². The molecule has 0 radical (unpaired) electrons. The summed E-state index contributed by atoms with van der Waals surface area (Å²) in [6.45, 7) is 6.47. The second-order valence-electron chi connectivity index (χ2n) is 7.24. The number of allylic oxidation sites excluding steroid dienone is 1. The lowest BCUT2D eigenvalue weighted by Crippen LogP contribution is -2.15. The van der Waals surface area contributed by atoms with Crippen molar-refractivity contribution >= 4 is 34.9 Å². The molecule has 1 aromatic rings. The van der Waals surface area contributed by atoms with Crippen LogP contribution >= 0.6 is 23.2 Å². The molecule has 1 fully saturated rings. The zero-order valence-electron chi connectivity index (χ0n) is 15.6. The Bertz CT molecular complexity index is 777. The standard InChI is InChI=1S/C19H22Cl2F3NO2/c1-5-6-25-17-10(16(24)14(22)9(2)15(17)23)8-27-18(26)13-11(7-12(20)21)19(13,3)4/h7,11,13,25H,5-6,8H2,1-4H3/t11-,13+/m1/s1. The molecule has 1 aromatic carbocycles. The number of ether oxygens (including phenoxy) is 1. The minimum Gasteiger partial charge on any atom is -0.460 e. The van der Waals surface area contributed by atoms with Crippen molar-refractivity contribution in [3.63, 3.8) is 0 Å². The summed E-state index contributed by atoms with van der Waals surface area (Å²) in [5.74, 6) is -4.74. The highest BCUT2D eigenvalue weighted by molar-refractivity contribution is 6.55. The lowest BCUT2D eigenvalue weighted by molar-refractivity contribution is -0.147. The Kier molecular flexibility index (Phi) is 6.74. The van der Waals surface area contributed by atoms with Gasteiger partial charge in [-0.1, -0.05) is 44.0 Å². The highest BCUT2D eigenvalue weighted by Crippen LogP contribution is 2.60. The van der Waals surface area contributed by atoms with Gasteiger partial charge in [0.2, 0.25) is 0 Å². The van der Waals surface area contributed by atoms with E-state index in [0.717, 1.165) is 6.92 Å². The van der Waals surface area contributed by atoms with E-state index in [-0.39, 0.29) is 21.7 Å². The van der Waals surface area contributed by atoms with Crippen molar-refractivity contribution in [1.82, 2.24) is 0 Å². The Labute approximate surface area is 166 Å². The zero-order chi connectivity index (χ0) is 20.5. The molecule has 8 heteroatoms. The second-order valence-corrected chi connectivity index (χ2v) is 8.24. The van der Waals surface area contributed by atoms with E-state index in [1.165, 1.54) is 0 Å². The van der Waals surface area contributed by atoms with Crippen molar-refractivity contribution < 1.29 is 22.7 Å². The van der Waals surface area contributed by atoms with Crippen LogP contribution < -0.4 is 5.32 Å². The first-order chi connectivity index (χ1) is 12.5. The third kappa shape index (κ3) is 4.37. The average Bonchev–Trinajstić information content (AvgIpc) is 3.13. The molecule has 2 atom stereocenters. The quantitative estimate of drug-likeness (QED) is 0.440. The fourth-order valence-corrected chi connectivity index (χ4v) is 3.47. The largest absolute Gasteiger partial charge is 0.460 e. The van der Waals surface area contributed by atoms with E-state index in [2.05, 4.69) is 5.32 Å². The minimum atomic E-state index is -1.29. The number of carbonyl (C=O) groups is 1. The normalized spacial score (nSPS) is 20.2. The van der Waals surface area contributed by atoms with E-state index in [9.17, 15) is 18.0 Å². The predicted molar refractivity (Wildman–Crippen MR) is 100 cm³/mol. The van der Waals surface area contributed by atoms with Crippen molar-refractivity contribution in [3.05, 3.63) is 39.1 Å². The minimum absolute atomic E-state index is 0.0446. The molecule has 27 heavy (non-hydrogen) atoms. The average molecular weight is 424 g/mol. The Balaban J connectivity index is 2.23. The van der Waals surface area contributed by atoms with Crippen LogP contribution in [0.2, 0.25) is 0 Å². The summed E-state index contributed by atoms with van der Waals surface area (Å²) < 4.78 is 48.0. The van der Waals surface area contributed by atoms with Gasteiger partial charge >= 0.3 is 5.97 Å². The zero-order valence-corrected chi connectivity index (χ0v) is 17.1. The fraction of sp³-hybridized carbons (Fsp3) is 0.526. The predicted octanol–water partition coefficient (Wildman–Crippen LogP) is 5.87. The Morgan fingerprint density at radius 2 is 1.85 bits per heavy atom. The molecular formula is C19H22Cl2F3NO2. The van der Waals surface area contributed by atoms with Crippen LogP contribution in [-0.2, 0) is 16.1 Å². The van der Waals surface area contributed by atoms with Crippen LogP contribution in [0.3, 0.4) is 0 Å². The van der Waals surface area contributed by atoms with Gasteiger partial charge in [0.1, 0.15) is 11.1 Å². The summed E-state index contributed by atoms with van der Waals surface area (Å²) in [5.41, 5.74) is -1.38. The van der Waals surface area contributed by atoms with E-state index < -0.39 is 46.9 Å². The Morgan fingerprint density at radius 3 is 2.41 bits per heavy atom. The molecule has 1 aliphatic carbocycles. The summed E-state index contributed by atoms with van der Waals surface area (Å²) in [4.78, 5) is 12.4. The van der Waals surface area contributed by atoms with Crippen LogP contribution in [0.15, 0.2) is 10.6 Å². The topological polar surface area (TPSA) is 38.3 Å². The fourth-order valence-electron chi connectivity index (χ4n) is 3.20. The number of carbonyl (C=O) groups excluding carboxylic acids is 1. The van der Waals surface area contributed by atoms with Crippen molar-refractivity contribution in [1.29, 1.82) is 0 Å². The first kappa shape index (κ1) is 21.9. The first-order valence-corrected chi connectivity index (χ1v) is 9.38. The monoisotopic (exact) mass is 423 g/mol. The maximum atomic E-state index is 14.4. The van der Waals surface area contributed by atoms with Crippen LogP contribution in [-0.4, -0.2) is 12.5 Å². The van der Waals surface area contributed by atoms with Gasteiger partial charge in [-0.05, 0) is 30.8 Å². The maximum Gasteiger partial charge on any atom is 0.310 e. The number of nitrogens with one attached hydrogen (secondary N) is 1. The molecule has 150 valence electrons. The van der Waals surface area contributed by atoms with Gasteiger partial charge in [-0.15, -0.1) is 0 Å². The van der Waals surface area contributed by atoms with E-state index >= 15 is 0 Å². The summed E-state index contributed by atoms with van der Waals surface area (Å²) >= 11 is 11.3. The number of esters is 1. The maximum absolute atomic E-state index is 14.4. The third-order valence-electron chi connectivity index (χ3n) is 5.02. The molecule has 0 unspecified atom stereocenters. The SMILES string of the molecule is CCCNc1c(F)c(C)c(F)c(F)c1COC(=O)[C@@H]1[C@@H](C=C(Cl)Cl)C1(C)C. The van der Waals surface area contributed by atoms with Gasteiger partial charge < -0.3 is 10.1 Å². The number of hydrogen-bond donors (Lipinski definition) is 1. The third-order valence-corrected chi connectivity index (χ3v) is 5.27.